The molecule has 0 aliphatic heterocycles. The molecule has 0 aromatic carbocycles. The van der Waals surface area contributed by atoms with Crippen LogP contribution < -0.4 is 0 Å². The molecule has 1 rings (SSSR count). The molecule has 0 amide bonds. The van der Waals surface area contributed by atoms with E-state index in [0.29, 0.717) is 17.0 Å². The summed E-state index contributed by atoms with van der Waals surface area (Å²) in [6, 6.07) is 0. The first kappa shape index (κ1) is 13.5. The van der Waals surface area contributed by atoms with Crippen LogP contribution in [0.3, 0.4) is 0 Å². The number of aliphatic hydroxyl groups excluding tert-OH is 1. The predicted octanol–water partition coefficient (Wildman–Crippen LogP) is 3.20. The average Bonchev–Trinajstić information content (AvgIpc) is 2.52. The largest absolute Gasteiger partial charge is 0.391 e. The van der Waals surface area contributed by atoms with Gasteiger partial charge in [-0.25, -0.2) is 0 Å². The van der Waals surface area contributed by atoms with Crippen molar-refractivity contribution < 1.29 is 5.11 Å². The number of nitrogens with zero attached hydrogens (tertiary/aromatic N) is 2. The van der Waals surface area contributed by atoms with Gasteiger partial charge in [0.25, 0.3) is 0 Å². The zero-order chi connectivity index (χ0) is 12.3. The smallest absolute Gasteiger partial charge is 0.132 e. The van der Waals surface area contributed by atoms with Crippen LogP contribution in [0.25, 0.3) is 0 Å². The number of hydrogen-bond acceptors (Lipinski definition) is 2. The monoisotopic (exact) mass is 244 g/mol. The number of aromatic nitrogens is 2. The fourth-order valence-corrected chi connectivity index (χ4v) is 1.91. The molecule has 1 aromatic heterocycles. The summed E-state index contributed by atoms with van der Waals surface area (Å²) in [7, 11) is 0. The molecule has 0 fully saturated rings. The molecule has 92 valence electrons. The summed E-state index contributed by atoms with van der Waals surface area (Å²) < 4.78 is 1.81. The third-order valence-corrected chi connectivity index (χ3v) is 3.06. The Kier molecular flexibility index (Phi) is 4.81. The molecular weight excluding hydrogens is 224 g/mol. The summed E-state index contributed by atoms with van der Waals surface area (Å²) in [6.07, 6.45) is 1.05. The van der Waals surface area contributed by atoms with Crippen molar-refractivity contribution in [2.24, 2.45) is 5.92 Å². The fourth-order valence-electron chi connectivity index (χ4n) is 1.63. The van der Waals surface area contributed by atoms with Gasteiger partial charge >= 0.3 is 0 Å². The third-order valence-electron chi connectivity index (χ3n) is 2.64. The third kappa shape index (κ3) is 2.98. The van der Waals surface area contributed by atoms with Gasteiger partial charge in [0.15, 0.2) is 0 Å². The van der Waals surface area contributed by atoms with Gasteiger partial charge in [-0.05, 0) is 18.3 Å². The minimum atomic E-state index is -0.0337. The molecule has 0 unspecified atom stereocenters. The fraction of sp³-hybridized carbons (Fsp3) is 0.750. The van der Waals surface area contributed by atoms with E-state index in [4.69, 9.17) is 11.6 Å². The summed E-state index contributed by atoms with van der Waals surface area (Å²) in [5.41, 5.74) is 1.69. The highest BCUT2D eigenvalue weighted by atomic mass is 35.5. The highest BCUT2D eigenvalue weighted by molar-refractivity contribution is 6.30. The second-order valence-corrected chi connectivity index (χ2v) is 5.23. The van der Waals surface area contributed by atoms with Gasteiger partial charge in [0.05, 0.1) is 12.3 Å². The zero-order valence-electron chi connectivity index (χ0n) is 10.5. The molecule has 0 saturated heterocycles. The number of aliphatic hydroxyl groups is 1. The number of halogens is 1. The summed E-state index contributed by atoms with van der Waals surface area (Å²) in [5.74, 6) is 0.917. The second-order valence-electron chi connectivity index (χ2n) is 4.87. The van der Waals surface area contributed by atoms with E-state index >= 15 is 0 Å². The molecular formula is C12H21ClN2O. The van der Waals surface area contributed by atoms with E-state index in [-0.39, 0.29) is 6.61 Å². The summed E-state index contributed by atoms with van der Waals surface area (Å²) in [5, 5.41) is 14.4. The maximum atomic E-state index is 9.30. The first-order chi connectivity index (χ1) is 7.47. The Balaban J connectivity index is 2.94. The van der Waals surface area contributed by atoms with E-state index in [2.05, 4.69) is 32.8 Å². The minimum absolute atomic E-state index is 0.0337. The van der Waals surface area contributed by atoms with E-state index in [1.165, 1.54) is 0 Å². The Labute approximate surface area is 102 Å². The van der Waals surface area contributed by atoms with Crippen molar-refractivity contribution >= 4 is 11.6 Å². The standard InChI is InChI=1S/C12H21ClN2O/c1-8(2)5-6-15-12(13)10(7-16)11(14-15)9(3)4/h8-9,16H,5-7H2,1-4H3. The Bertz CT molecular complexity index is 345. The summed E-state index contributed by atoms with van der Waals surface area (Å²) in [6.45, 7) is 9.25. The lowest BCUT2D eigenvalue weighted by atomic mass is 10.1. The molecule has 3 nitrogen and oxygen atoms in total. The van der Waals surface area contributed by atoms with Crippen LogP contribution >= 0.6 is 11.6 Å². The SMILES string of the molecule is CC(C)CCn1nc(C(C)C)c(CO)c1Cl. The van der Waals surface area contributed by atoms with Crippen molar-refractivity contribution in [3.8, 4) is 0 Å². The minimum Gasteiger partial charge on any atom is -0.391 e. The second kappa shape index (κ2) is 5.69. The Morgan fingerprint density at radius 1 is 1.31 bits per heavy atom. The van der Waals surface area contributed by atoms with Crippen LogP contribution in [0.15, 0.2) is 0 Å². The van der Waals surface area contributed by atoms with E-state index in [1.54, 1.807) is 0 Å². The first-order valence-corrected chi connectivity index (χ1v) is 6.21. The normalized spacial score (nSPS) is 11.8. The van der Waals surface area contributed by atoms with Gasteiger partial charge in [-0.15, -0.1) is 0 Å². The van der Waals surface area contributed by atoms with Crippen molar-refractivity contribution in [3.63, 3.8) is 0 Å². The maximum absolute atomic E-state index is 9.30. The molecule has 0 spiro atoms. The van der Waals surface area contributed by atoms with E-state index in [0.717, 1.165) is 24.2 Å². The van der Waals surface area contributed by atoms with Crippen molar-refractivity contribution in [3.05, 3.63) is 16.4 Å². The Hall–Kier alpha value is -0.540. The number of rotatable bonds is 5. The molecule has 16 heavy (non-hydrogen) atoms. The van der Waals surface area contributed by atoms with E-state index in [1.807, 2.05) is 4.68 Å². The van der Waals surface area contributed by atoms with Gasteiger partial charge in [-0.3, -0.25) is 4.68 Å². The zero-order valence-corrected chi connectivity index (χ0v) is 11.3. The number of hydrogen-bond donors (Lipinski definition) is 1. The molecule has 1 heterocycles. The predicted molar refractivity (Wildman–Crippen MR) is 66.7 cm³/mol. The van der Waals surface area contributed by atoms with Gasteiger partial charge in [0.2, 0.25) is 0 Å². The van der Waals surface area contributed by atoms with Crippen molar-refractivity contribution in [2.45, 2.75) is 53.2 Å². The lowest BCUT2D eigenvalue weighted by Gasteiger charge is -2.05. The lowest BCUT2D eigenvalue weighted by molar-refractivity contribution is 0.280. The van der Waals surface area contributed by atoms with Crippen LogP contribution in [0.2, 0.25) is 5.15 Å². The quantitative estimate of drug-likeness (QED) is 0.864. The molecule has 0 radical (unpaired) electrons. The van der Waals surface area contributed by atoms with Crippen LogP contribution in [-0.2, 0) is 13.2 Å². The van der Waals surface area contributed by atoms with Crippen LogP contribution in [0.5, 0.6) is 0 Å². The van der Waals surface area contributed by atoms with Gasteiger partial charge in [0, 0.05) is 12.1 Å². The topological polar surface area (TPSA) is 38.0 Å². The molecule has 0 saturated carbocycles. The van der Waals surface area contributed by atoms with Crippen molar-refractivity contribution in [2.75, 3.05) is 0 Å². The van der Waals surface area contributed by atoms with Gasteiger partial charge in [0.1, 0.15) is 5.15 Å². The first-order valence-electron chi connectivity index (χ1n) is 5.83. The molecule has 1 N–H and O–H groups in total. The van der Waals surface area contributed by atoms with Crippen LogP contribution in [-0.4, -0.2) is 14.9 Å². The molecule has 0 bridgehead atoms. The van der Waals surface area contributed by atoms with Crippen LogP contribution in [0, 0.1) is 5.92 Å². The average molecular weight is 245 g/mol. The highest BCUT2D eigenvalue weighted by Crippen LogP contribution is 2.26. The lowest BCUT2D eigenvalue weighted by Crippen LogP contribution is -2.04. The Morgan fingerprint density at radius 2 is 1.94 bits per heavy atom. The van der Waals surface area contributed by atoms with E-state index in [9.17, 15) is 5.11 Å². The van der Waals surface area contributed by atoms with Gasteiger partial charge < -0.3 is 5.11 Å². The van der Waals surface area contributed by atoms with Crippen molar-refractivity contribution in [1.82, 2.24) is 9.78 Å². The molecule has 1 aromatic rings. The van der Waals surface area contributed by atoms with Crippen LogP contribution in [0.1, 0.15) is 51.3 Å². The molecule has 0 aliphatic carbocycles. The molecule has 0 atom stereocenters. The Morgan fingerprint density at radius 3 is 2.31 bits per heavy atom. The molecule has 0 aliphatic rings. The van der Waals surface area contributed by atoms with Crippen molar-refractivity contribution in [1.29, 1.82) is 0 Å². The summed E-state index contributed by atoms with van der Waals surface area (Å²) >= 11 is 6.20. The van der Waals surface area contributed by atoms with Crippen LogP contribution in [0.4, 0.5) is 0 Å². The van der Waals surface area contributed by atoms with Gasteiger partial charge in [-0.1, -0.05) is 39.3 Å². The number of aryl methyl sites for hydroxylation is 1. The van der Waals surface area contributed by atoms with E-state index < -0.39 is 0 Å². The highest BCUT2D eigenvalue weighted by Gasteiger charge is 2.17. The molecule has 4 heteroatoms. The summed E-state index contributed by atoms with van der Waals surface area (Å²) in [4.78, 5) is 0. The van der Waals surface area contributed by atoms with Gasteiger partial charge in [-0.2, -0.15) is 5.10 Å². The maximum Gasteiger partial charge on any atom is 0.132 e.